The van der Waals surface area contributed by atoms with Gasteiger partial charge in [-0.3, -0.25) is 4.79 Å². The highest BCUT2D eigenvalue weighted by molar-refractivity contribution is 7.80. The zero-order valence-electron chi connectivity index (χ0n) is 10.8. The maximum atomic E-state index is 12.8. The molecule has 1 amide bonds. The Bertz CT molecular complexity index is 503. The van der Waals surface area contributed by atoms with Crippen molar-refractivity contribution in [2.75, 3.05) is 0 Å². The van der Waals surface area contributed by atoms with E-state index in [2.05, 4.69) is 5.32 Å². The van der Waals surface area contributed by atoms with Gasteiger partial charge in [0.05, 0.1) is 16.5 Å². The number of benzene rings is 1. The standard InChI is InChI=1S/C13H15F3N2OS/c1-2-9(11(17)20)12(19)18-7-8-5-3-4-6-10(8)13(14,15)16/h3-6,9H,2,7H2,1H3,(H2,17,20)(H,18,19). The monoisotopic (exact) mass is 304 g/mol. The zero-order valence-corrected chi connectivity index (χ0v) is 11.6. The number of rotatable bonds is 5. The summed E-state index contributed by atoms with van der Waals surface area (Å²) in [5.41, 5.74) is 4.65. The van der Waals surface area contributed by atoms with E-state index >= 15 is 0 Å². The number of alkyl halides is 3. The van der Waals surface area contributed by atoms with Crippen LogP contribution in [0.3, 0.4) is 0 Å². The van der Waals surface area contributed by atoms with Gasteiger partial charge in [-0.1, -0.05) is 37.3 Å². The number of nitrogens with two attached hydrogens (primary N) is 1. The molecule has 110 valence electrons. The lowest BCUT2D eigenvalue weighted by molar-refractivity contribution is -0.138. The van der Waals surface area contributed by atoms with Crippen LogP contribution >= 0.6 is 12.2 Å². The summed E-state index contributed by atoms with van der Waals surface area (Å²) >= 11 is 4.75. The predicted octanol–water partition coefficient (Wildman–Crippen LogP) is 2.63. The van der Waals surface area contributed by atoms with Gasteiger partial charge < -0.3 is 11.1 Å². The van der Waals surface area contributed by atoms with Gasteiger partial charge in [-0.15, -0.1) is 0 Å². The molecule has 0 fully saturated rings. The Morgan fingerprint density at radius 1 is 1.40 bits per heavy atom. The minimum absolute atomic E-state index is 0.00569. The molecule has 0 saturated heterocycles. The highest BCUT2D eigenvalue weighted by Crippen LogP contribution is 2.31. The van der Waals surface area contributed by atoms with Gasteiger partial charge in [0.1, 0.15) is 0 Å². The molecule has 0 saturated carbocycles. The molecule has 1 atom stereocenters. The molecular weight excluding hydrogens is 289 g/mol. The van der Waals surface area contributed by atoms with Gasteiger partial charge in [-0.05, 0) is 18.1 Å². The Balaban J connectivity index is 2.81. The summed E-state index contributed by atoms with van der Waals surface area (Å²) in [5, 5.41) is 2.44. The minimum Gasteiger partial charge on any atom is -0.393 e. The van der Waals surface area contributed by atoms with Crippen molar-refractivity contribution in [1.82, 2.24) is 5.32 Å². The Morgan fingerprint density at radius 2 is 2.00 bits per heavy atom. The maximum absolute atomic E-state index is 12.8. The normalized spacial score (nSPS) is 12.8. The topological polar surface area (TPSA) is 55.1 Å². The van der Waals surface area contributed by atoms with Crippen LogP contribution in [-0.4, -0.2) is 10.9 Å². The van der Waals surface area contributed by atoms with Crippen molar-refractivity contribution < 1.29 is 18.0 Å². The number of hydrogen-bond acceptors (Lipinski definition) is 2. The fourth-order valence-corrected chi connectivity index (χ4v) is 2.05. The number of thiocarbonyl (C=S) groups is 1. The van der Waals surface area contributed by atoms with E-state index in [-0.39, 0.29) is 17.1 Å². The molecule has 20 heavy (non-hydrogen) atoms. The van der Waals surface area contributed by atoms with E-state index < -0.39 is 23.6 Å². The highest BCUT2D eigenvalue weighted by atomic mass is 32.1. The Labute approximate surface area is 120 Å². The third-order valence-electron chi connectivity index (χ3n) is 2.84. The molecule has 3 N–H and O–H groups in total. The number of hydrogen-bond donors (Lipinski definition) is 2. The highest BCUT2D eigenvalue weighted by Gasteiger charge is 2.33. The van der Waals surface area contributed by atoms with E-state index in [1.54, 1.807) is 6.92 Å². The summed E-state index contributed by atoms with van der Waals surface area (Å²) in [6, 6.07) is 5.09. The second-order valence-electron chi connectivity index (χ2n) is 4.24. The lowest BCUT2D eigenvalue weighted by Gasteiger charge is -2.16. The van der Waals surface area contributed by atoms with Crippen molar-refractivity contribution in [3.8, 4) is 0 Å². The van der Waals surface area contributed by atoms with Crippen LogP contribution in [0.4, 0.5) is 13.2 Å². The quantitative estimate of drug-likeness (QED) is 0.822. The average molecular weight is 304 g/mol. The Hall–Kier alpha value is -1.63. The van der Waals surface area contributed by atoms with E-state index in [1.165, 1.54) is 18.2 Å². The summed E-state index contributed by atoms with van der Waals surface area (Å²) in [5.74, 6) is -1.12. The number of nitrogens with one attached hydrogen (secondary N) is 1. The first-order valence-corrected chi connectivity index (χ1v) is 6.40. The fourth-order valence-electron chi connectivity index (χ4n) is 1.77. The molecule has 0 aliphatic rings. The van der Waals surface area contributed by atoms with E-state index in [9.17, 15) is 18.0 Å². The van der Waals surface area contributed by atoms with Crippen molar-refractivity contribution in [2.24, 2.45) is 11.7 Å². The molecule has 0 radical (unpaired) electrons. The minimum atomic E-state index is -4.45. The van der Waals surface area contributed by atoms with Crippen molar-refractivity contribution in [3.05, 3.63) is 35.4 Å². The summed E-state index contributed by atoms with van der Waals surface area (Å²) in [6.07, 6.45) is -4.04. The SMILES string of the molecule is CCC(C(=O)NCc1ccccc1C(F)(F)F)C(N)=S. The van der Waals surface area contributed by atoms with Crippen LogP contribution in [-0.2, 0) is 17.5 Å². The van der Waals surface area contributed by atoms with E-state index in [4.69, 9.17) is 18.0 Å². The summed E-state index contributed by atoms with van der Waals surface area (Å²) in [4.78, 5) is 11.8. The van der Waals surface area contributed by atoms with Gasteiger partial charge in [0.25, 0.3) is 0 Å². The van der Waals surface area contributed by atoms with Crippen molar-refractivity contribution >= 4 is 23.1 Å². The van der Waals surface area contributed by atoms with Gasteiger partial charge >= 0.3 is 6.18 Å². The summed E-state index contributed by atoms with van der Waals surface area (Å²) < 4.78 is 38.3. The van der Waals surface area contributed by atoms with Crippen LogP contribution in [0.2, 0.25) is 0 Å². The third-order valence-corrected chi connectivity index (χ3v) is 3.13. The van der Waals surface area contributed by atoms with Gasteiger partial charge in [-0.2, -0.15) is 13.2 Å². The van der Waals surface area contributed by atoms with Crippen LogP contribution < -0.4 is 11.1 Å². The second kappa shape index (κ2) is 6.69. The van der Waals surface area contributed by atoms with Gasteiger partial charge in [0.15, 0.2) is 0 Å². The van der Waals surface area contributed by atoms with Crippen molar-refractivity contribution in [2.45, 2.75) is 26.1 Å². The molecule has 1 rings (SSSR count). The van der Waals surface area contributed by atoms with E-state index in [0.29, 0.717) is 6.42 Å². The van der Waals surface area contributed by atoms with Gasteiger partial charge in [0.2, 0.25) is 5.91 Å². The van der Waals surface area contributed by atoms with Crippen molar-refractivity contribution in [3.63, 3.8) is 0 Å². The molecule has 0 aromatic heterocycles. The van der Waals surface area contributed by atoms with Crippen LogP contribution in [0.15, 0.2) is 24.3 Å². The van der Waals surface area contributed by atoms with Gasteiger partial charge in [-0.25, -0.2) is 0 Å². The Kier molecular flexibility index (Phi) is 5.50. The molecule has 0 spiro atoms. The predicted molar refractivity (Wildman–Crippen MR) is 73.9 cm³/mol. The smallest absolute Gasteiger partial charge is 0.393 e. The molecule has 1 unspecified atom stereocenters. The Morgan fingerprint density at radius 3 is 2.50 bits per heavy atom. The van der Waals surface area contributed by atoms with Gasteiger partial charge in [0, 0.05) is 6.54 Å². The maximum Gasteiger partial charge on any atom is 0.416 e. The summed E-state index contributed by atoms with van der Waals surface area (Å²) in [6.45, 7) is 1.51. The number of carbonyl (C=O) groups is 1. The largest absolute Gasteiger partial charge is 0.416 e. The molecule has 0 aliphatic heterocycles. The lowest BCUT2D eigenvalue weighted by Crippen LogP contribution is -2.37. The first kappa shape index (κ1) is 16.4. The van der Waals surface area contributed by atoms with Crippen molar-refractivity contribution in [1.29, 1.82) is 0 Å². The molecule has 0 aliphatic carbocycles. The third kappa shape index (κ3) is 4.19. The number of carbonyl (C=O) groups excluding carboxylic acids is 1. The van der Waals surface area contributed by atoms with E-state index in [0.717, 1.165) is 6.07 Å². The van der Waals surface area contributed by atoms with Crippen LogP contribution in [0, 0.1) is 5.92 Å². The number of amides is 1. The van der Waals surface area contributed by atoms with Crippen LogP contribution in [0.5, 0.6) is 0 Å². The van der Waals surface area contributed by atoms with Crippen LogP contribution in [0.1, 0.15) is 24.5 Å². The molecule has 7 heteroatoms. The molecule has 1 aromatic rings. The molecule has 1 aromatic carbocycles. The molecule has 0 heterocycles. The second-order valence-corrected chi connectivity index (χ2v) is 4.71. The molecular formula is C13H15F3N2OS. The molecule has 3 nitrogen and oxygen atoms in total. The lowest BCUT2D eigenvalue weighted by atomic mass is 10.0. The first-order valence-electron chi connectivity index (χ1n) is 5.99. The van der Waals surface area contributed by atoms with E-state index in [1.807, 2.05) is 0 Å². The van der Waals surface area contributed by atoms with Crippen LogP contribution in [0.25, 0.3) is 0 Å². The fraction of sp³-hybridized carbons (Fsp3) is 0.385. The number of halogens is 3. The average Bonchev–Trinajstić information content (AvgIpc) is 2.36. The molecule has 0 bridgehead atoms. The summed E-state index contributed by atoms with van der Waals surface area (Å²) in [7, 11) is 0. The first-order chi connectivity index (χ1) is 9.27. The zero-order chi connectivity index (χ0) is 15.3.